The lowest BCUT2D eigenvalue weighted by atomic mass is 10.2. The van der Waals surface area contributed by atoms with Crippen molar-refractivity contribution >= 4 is 5.97 Å². The first-order chi connectivity index (χ1) is 6.43. The van der Waals surface area contributed by atoms with Gasteiger partial charge in [0.15, 0.2) is 5.82 Å². The van der Waals surface area contributed by atoms with Crippen LogP contribution in [0.25, 0.3) is 0 Å². The Kier molecular flexibility index (Phi) is 2.69. The number of nitrogens with zero attached hydrogens (tertiary/aromatic N) is 1. The molecule has 1 aromatic rings. The van der Waals surface area contributed by atoms with Gasteiger partial charge in [-0.15, -0.1) is 0 Å². The van der Waals surface area contributed by atoms with Crippen molar-refractivity contribution in [2.24, 2.45) is 0 Å². The highest BCUT2D eigenvalue weighted by molar-refractivity contribution is 5.87. The Morgan fingerprint density at radius 2 is 2.14 bits per heavy atom. The van der Waals surface area contributed by atoms with Gasteiger partial charge in [0.25, 0.3) is 5.56 Å². The van der Waals surface area contributed by atoms with Gasteiger partial charge in [0.2, 0.25) is 0 Å². The number of pyridine rings is 1. The van der Waals surface area contributed by atoms with Gasteiger partial charge in [-0.2, -0.15) is 0 Å². The lowest BCUT2D eigenvalue weighted by Gasteiger charge is -2.10. The number of aromatic nitrogens is 1. The summed E-state index contributed by atoms with van der Waals surface area (Å²) in [5, 5.41) is 8.62. The van der Waals surface area contributed by atoms with E-state index < -0.39 is 17.3 Å². The summed E-state index contributed by atoms with van der Waals surface area (Å²) in [6, 6.07) is 0.458. The first-order valence-corrected chi connectivity index (χ1v) is 4.08. The topological polar surface area (TPSA) is 59.3 Å². The lowest BCUT2D eigenvalue weighted by molar-refractivity contribution is 0.0695. The highest BCUT2D eigenvalue weighted by atomic mass is 19.1. The molecule has 5 heteroatoms. The summed E-state index contributed by atoms with van der Waals surface area (Å²) in [5.41, 5.74) is -1.03. The van der Waals surface area contributed by atoms with E-state index >= 15 is 0 Å². The van der Waals surface area contributed by atoms with Gasteiger partial charge in [-0.1, -0.05) is 0 Å². The number of carboxylic acids is 1. The molecule has 0 aliphatic heterocycles. The van der Waals surface area contributed by atoms with Gasteiger partial charge in [-0.05, 0) is 19.9 Å². The van der Waals surface area contributed by atoms with Crippen LogP contribution in [-0.4, -0.2) is 15.6 Å². The Morgan fingerprint density at radius 1 is 1.57 bits per heavy atom. The van der Waals surface area contributed by atoms with E-state index in [0.717, 1.165) is 16.8 Å². The summed E-state index contributed by atoms with van der Waals surface area (Å²) >= 11 is 0. The number of halogens is 1. The fraction of sp³-hybridized carbons (Fsp3) is 0.333. The van der Waals surface area contributed by atoms with Crippen LogP contribution < -0.4 is 5.56 Å². The molecule has 0 aromatic carbocycles. The molecule has 0 fully saturated rings. The highest BCUT2D eigenvalue weighted by Gasteiger charge is 2.12. The minimum atomic E-state index is -1.25. The molecule has 0 aliphatic carbocycles. The van der Waals surface area contributed by atoms with E-state index in [1.54, 1.807) is 13.8 Å². The van der Waals surface area contributed by atoms with Gasteiger partial charge < -0.3 is 9.67 Å². The van der Waals surface area contributed by atoms with E-state index in [2.05, 4.69) is 0 Å². The Bertz CT molecular complexity index is 423. The molecule has 1 N–H and O–H groups in total. The molecule has 76 valence electrons. The molecule has 0 saturated heterocycles. The van der Waals surface area contributed by atoms with Crippen molar-refractivity contribution in [3.8, 4) is 0 Å². The van der Waals surface area contributed by atoms with Crippen LogP contribution in [0.5, 0.6) is 0 Å². The van der Waals surface area contributed by atoms with Gasteiger partial charge in [-0.25, -0.2) is 9.18 Å². The molecule has 0 bridgehead atoms. The van der Waals surface area contributed by atoms with Crippen molar-refractivity contribution in [1.29, 1.82) is 0 Å². The van der Waals surface area contributed by atoms with E-state index in [0.29, 0.717) is 0 Å². The molecule has 0 amide bonds. The average Bonchev–Trinajstić information content (AvgIpc) is 2.08. The second-order valence-electron chi connectivity index (χ2n) is 3.19. The molecule has 0 atom stereocenters. The van der Waals surface area contributed by atoms with Crippen LogP contribution >= 0.6 is 0 Å². The lowest BCUT2D eigenvalue weighted by Crippen LogP contribution is -2.25. The molecule has 1 rings (SSSR count). The van der Waals surface area contributed by atoms with Crippen LogP contribution in [0.15, 0.2) is 17.1 Å². The van der Waals surface area contributed by atoms with Crippen LogP contribution in [0.4, 0.5) is 4.39 Å². The van der Waals surface area contributed by atoms with Crippen molar-refractivity contribution in [3.63, 3.8) is 0 Å². The molecular formula is C9H10FNO3. The van der Waals surface area contributed by atoms with Gasteiger partial charge >= 0.3 is 5.97 Å². The third-order valence-corrected chi connectivity index (χ3v) is 1.80. The van der Waals surface area contributed by atoms with Gasteiger partial charge in [0.05, 0.1) is 5.56 Å². The normalized spacial score (nSPS) is 10.6. The second kappa shape index (κ2) is 3.61. The largest absolute Gasteiger partial charge is 0.478 e. The van der Waals surface area contributed by atoms with Gasteiger partial charge in [0.1, 0.15) is 0 Å². The van der Waals surface area contributed by atoms with E-state index in [-0.39, 0.29) is 11.6 Å². The first-order valence-electron chi connectivity index (χ1n) is 4.08. The zero-order chi connectivity index (χ0) is 10.9. The number of rotatable bonds is 2. The Labute approximate surface area is 79.6 Å². The van der Waals surface area contributed by atoms with Crippen molar-refractivity contribution in [1.82, 2.24) is 4.57 Å². The summed E-state index contributed by atoms with van der Waals surface area (Å²) in [6.07, 6.45) is 1.14. The summed E-state index contributed by atoms with van der Waals surface area (Å²) in [5.74, 6) is -2.29. The predicted octanol–water partition coefficient (Wildman–Crippen LogP) is 1.27. The zero-order valence-corrected chi connectivity index (χ0v) is 7.82. The summed E-state index contributed by atoms with van der Waals surface area (Å²) in [4.78, 5) is 21.7. The minimum absolute atomic E-state index is 0.226. The number of carboxylic acid groups (broad SMARTS) is 1. The van der Waals surface area contributed by atoms with Crippen molar-refractivity contribution in [2.45, 2.75) is 19.9 Å². The Balaban J connectivity index is 3.43. The average molecular weight is 199 g/mol. The maximum atomic E-state index is 13.0. The van der Waals surface area contributed by atoms with Crippen LogP contribution in [-0.2, 0) is 0 Å². The van der Waals surface area contributed by atoms with Crippen molar-refractivity contribution in [3.05, 3.63) is 34.0 Å². The third kappa shape index (κ3) is 1.81. The van der Waals surface area contributed by atoms with Crippen molar-refractivity contribution < 1.29 is 14.3 Å². The minimum Gasteiger partial charge on any atom is -0.478 e. The zero-order valence-electron chi connectivity index (χ0n) is 7.82. The SMILES string of the molecule is CC(C)n1cc(C(=O)O)cc(F)c1=O. The third-order valence-electron chi connectivity index (χ3n) is 1.80. The van der Waals surface area contributed by atoms with E-state index in [4.69, 9.17) is 5.11 Å². The molecule has 4 nitrogen and oxygen atoms in total. The molecule has 0 saturated carbocycles. The Hall–Kier alpha value is -1.65. The number of hydrogen-bond donors (Lipinski definition) is 1. The second-order valence-corrected chi connectivity index (χ2v) is 3.19. The number of aromatic carboxylic acids is 1. The molecular weight excluding hydrogens is 189 g/mol. The summed E-state index contributed by atoms with van der Waals surface area (Å²) < 4.78 is 14.0. The van der Waals surface area contributed by atoms with E-state index in [1.807, 2.05) is 0 Å². The van der Waals surface area contributed by atoms with Crippen molar-refractivity contribution in [2.75, 3.05) is 0 Å². The Morgan fingerprint density at radius 3 is 2.57 bits per heavy atom. The predicted molar refractivity (Wildman–Crippen MR) is 48.0 cm³/mol. The van der Waals surface area contributed by atoms with Gasteiger partial charge in [0, 0.05) is 12.2 Å². The number of hydrogen-bond acceptors (Lipinski definition) is 2. The monoisotopic (exact) mass is 199 g/mol. The van der Waals surface area contributed by atoms with Crippen LogP contribution in [0, 0.1) is 5.82 Å². The quantitative estimate of drug-likeness (QED) is 0.780. The maximum absolute atomic E-state index is 13.0. The molecule has 0 spiro atoms. The van der Waals surface area contributed by atoms with Crippen LogP contribution in [0.1, 0.15) is 30.2 Å². The molecule has 1 heterocycles. The molecule has 0 unspecified atom stereocenters. The summed E-state index contributed by atoms with van der Waals surface area (Å²) in [7, 11) is 0. The highest BCUT2D eigenvalue weighted by Crippen LogP contribution is 2.05. The fourth-order valence-corrected chi connectivity index (χ4v) is 1.07. The molecule has 1 aromatic heterocycles. The van der Waals surface area contributed by atoms with Crippen LogP contribution in [0.2, 0.25) is 0 Å². The van der Waals surface area contributed by atoms with E-state index in [9.17, 15) is 14.0 Å². The van der Waals surface area contributed by atoms with Crippen LogP contribution in [0.3, 0.4) is 0 Å². The smallest absolute Gasteiger partial charge is 0.337 e. The first kappa shape index (κ1) is 10.4. The van der Waals surface area contributed by atoms with Gasteiger partial charge in [-0.3, -0.25) is 4.79 Å². The number of carbonyl (C=O) groups is 1. The standard InChI is InChI=1S/C9H10FNO3/c1-5(2)11-4-6(9(13)14)3-7(10)8(11)12/h3-5H,1-2H3,(H,13,14). The van der Waals surface area contributed by atoms with E-state index in [1.165, 1.54) is 0 Å². The molecule has 0 aliphatic rings. The maximum Gasteiger partial charge on any atom is 0.337 e. The fourth-order valence-electron chi connectivity index (χ4n) is 1.07. The molecule has 14 heavy (non-hydrogen) atoms. The summed E-state index contributed by atoms with van der Waals surface area (Å²) in [6.45, 7) is 3.35. The molecule has 0 radical (unpaired) electrons.